The molecular formula is C14H16N4O2. The number of hydrogen-bond donors (Lipinski definition) is 2. The number of nitrogens with one attached hydrogen (secondary N) is 1. The van der Waals surface area contributed by atoms with Gasteiger partial charge in [-0.2, -0.15) is 5.10 Å². The second-order valence-corrected chi connectivity index (χ2v) is 4.96. The van der Waals surface area contributed by atoms with Crippen molar-refractivity contribution in [3.05, 3.63) is 35.3 Å². The van der Waals surface area contributed by atoms with Crippen LogP contribution in [0.2, 0.25) is 0 Å². The third-order valence-electron chi connectivity index (χ3n) is 3.67. The van der Waals surface area contributed by atoms with Gasteiger partial charge < -0.3 is 10.4 Å². The van der Waals surface area contributed by atoms with Crippen molar-refractivity contribution in [3.63, 3.8) is 0 Å². The number of carboxylic acid groups (broad SMARTS) is 1. The molecular weight excluding hydrogens is 256 g/mol. The standard InChI is InChI=1S/C14H16N4O2/c1-18-12-5-3-2-4-10(12)13(17-18)16-11-8-15-7-6-9(11)14(19)20/h6-8H,2-5H2,1H3,(H,16,17)(H,19,20). The van der Waals surface area contributed by atoms with Crippen LogP contribution in [0, 0.1) is 0 Å². The van der Waals surface area contributed by atoms with Gasteiger partial charge in [0.05, 0.1) is 17.4 Å². The lowest BCUT2D eigenvalue weighted by Gasteiger charge is -2.13. The van der Waals surface area contributed by atoms with Gasteiger partial charge in [-0.05, 0) is 31.7 Å². The van der Waals surface area contributed by atoms with Crippen LogP contribution >= 0.6 is 0 Å². The minimum Gasteiger partial charge on any atom is -0.478 e. The number of rotatable bonds is 3. The third-order valence-corrected chi connectivity index (χ3v) is 3.67. The number of aromatic nitrogens is 3. The summed E-state index contributed by atoms with van der Waals surface area (Å²) < 4.78 is 1.88. The minimum atomic E-state index is -0.973. The number of aryl methyl sites for hydroxylation is 1. The van der Waals surface area contributed by atoms with Crippen molar-refractivity contribution in [2.45, 2.75) is 25.7 Å². The van der Waals surface area contributed by atoms with E-state index in [9.17, 15) is 9.90 Å². The molecule has 0 bridgehead atoms. The van der Waals surface area contributed by atoms with Crippen LogP contribution in [0.15, 0.2) is 18.5 Å². The van der Waals surface area contributed by atoms with E-state index in [0.717, 1.165) is 25.1 Å². The number of fused-ring (bicyclic) bond motifs is 1. The second-order valence-electron chi connectivity index (χ2n) is 4.96. The van der Waals surface area contributed by atoms with Gasteiger partial charge in [0.2, 0.25) is 0 Å². The smallest absolute Gasteiger partial charge is 0.337 e. The molecule has 0 unspecified atom stereocenters. The molecule has 2 heterocycles. The highest BCUT2D eigenvalue weighted by Gasteiger charge is 2.20. The van der Waals surface area contributed by atoms with E-state index in [1.54, 1.807) is 0 Å². The van der Waals surface area contributed by atoms with E-state index in [2.05, 4.69) is 15.4 Å². The summed E-state index contributed by atoms with van der Waals surface area (Å²) in [7, 11) is 1.93. The highest BCUT2D eigenvalue weighted by atomic mass is 16.4. The molecule has 3 rings (SSSR count). The molecule has 1 aliphatic carbocycles. The van der Waals surface area contributed by atoms with Gasteiger partial charge in [-0.1, -0.05) is 0 Å². The van der Waals surface area contributed by atoms with Gasteiger partial charge in [0, 0.05) is 24.5 Å². The van der Waals surface area contributed by atoms with Gasteiger partial charge in [0.15, 0.2) is 5.82 Å². The molecule has 0 atom stereocenters. The minimum absolute atomic E-state index is 0.204. The van der Waals surface area contributed by atoms with Crippen molar-refractivity contribution in [2.75, 3.05) is 5.32 Å². The topological polar surface area (TPSA) is 80.0 Å². The van der Waals surface area contributed by atoms with E-state index >= 15 is 0 Å². The number of anilines is 2. The molecule has 0 fully saturated rings. The lowest BCUT2D eigenvalue weighted by atomic mass is 9.97. The van der Waals surface area contributed by atoms with E-state index in [1.165, 1.54) is 36.1 Å². The molecule has 0 radical (unpaired) electrons. The van der Waals surface area contributed by atoms with Crippen molar-refractivity contribution in [1.82, 2.24) is 14.8 Å². The molecule has 6 nitrogen and oxygen atoms in total. The third kappa shape index (κ3) is 2.13. The van der Waals surface area contributed by atoms with Crippen molar-refractivity contribution in [3.8, 4) is 0 Å². The summed E-state index contributed by atoms with van der Waals surface area (Å²) in [6.07, 6.45) is 7.33. The van der Waals surface area contributed by atoms with Gasteiger partial charge >= 0.3 is 5.97 Å². The summed E-state index contributed by atoms with van der Waals surface area (Å²) in [4.78, 5) is 15.2. The van der Waals surface area contributed by atoms with Gasteiger partial charge in [0.1, 0.15) is 0 Å². The molecule has 0 saturated carbocycles. The molecule has 2 aromatic rings. The molecule has 0 aliphatic heterocycles. The average molecular weight is 272 g/mol. The Labute approximate surface area is 116 Å². The van der Waals surface area contributed by atoms with Crippen LogP contribution in [-0.4, -0.2) is 25.8 Å². The maximum absolute atomic E-state index is 11.2. The quantitative estimate of drug-likeness (QED) is 0.894. The highest BCUT2D eigenvalue weighted by molar-refractivity contribution is 5.94. The van der Waals surface area contributed by atoms with Crippen LogP contribution in [0.5, 0.6) is 0 Å². The van der Waals surface area contributed by atoms with E-state index < -0.39 is 5.97 Å². The Balaban J connectivity index is 1.98. The fourth-order valence-electron chi connectivity index (χ4n) is 2.68. The molecule has 2 aromatic heterocycles. The number of aromatic carboxylic acids is 1. The van der Waals surface area contributed by atoms with E-state index in [0.29, 0.717) is 5.69 Å². The molecule has 0 amide bonds. The Morgan fingerprint density at radius 3 is 3.00 bits per heavy atom. The lowest BCUT2D eigenvalue weighted by Crippen LogP contribution is -2.07. The number of nitrogens with zero attached hydrogens (tertiary/aromatic N) is 3. The maximum Gasteiger partial charge on any atom is 0.337 e. The second kappa shape index (κ2) is 4.96. The van der Waals surface area contributed by atoms with Crippen LogP contribution in [0.25, 0.3) is 0 Å². The molecule has 2 N–H and O–H groups in total. The SMILES string of the molecule is Cn1nc(Nc2cnccc2C(=O)O)c2c1CCCC2. The first-order chi connectivity index (χ1) is 9.66. The van der Waals surface area contributed by atoms with Crippen LogP contribution in [0.3, 0.4) is 0 Å². The summed E-state index contributed by atoms with van der Waals surface area (Å²) in [6, 6.07) is 1.49. The molecule has 0 saturated heterocycles. The van der Waals surface area contributed by atoms with Crippen LogP contribution < -0.4 is 5.32 Å². The largest absolute Gasteiger partial charge is 0.478 e. The zero-order valence-corrected chi connectivity index (χ0v) is 11.3. The maximum atomic E-state index is 11.2. The zero-order valence-electron chi connectivity index (χ0n) is 11.3. The highest BCUT2D eigenvalue weighted by Crippen LogP contribution is 2.29. The zero-order chi connectivity index (χ0) is 14.1. The van der Waals surface area contributed by atoms with Crippen LogP contribution in [-0.2, 0) is 19.9 Å². The molecule has 0 aromatic carbocycles. The van der Waals surface area contributed by atoms with E-state index in [4.69, 9.17) is 0 Å². The molecule has 1 aliphatic rings. The molecule has 20 heavy (non-hydrogen) atoms. The number of hydrogen-bond acceptors (Lipinski definition) is 4. The fraction of sp³-hybridized carbons (Fsp3) is 0.357. The van der Waals surface area contributed by atoms with Crippen LogP contribution in [0.1, 0.15) is 34.5 Å². The van der Waals surface area contributed by atoms with Crippen molar-refractivity contribution < 1.29 is 9.90 Å². The number of carboxylic acids is 1. The summed E-state index contributed by atoms with van der Waals surface area (Å²) in [5, 5.41) is 16.8. The van der Waals surface area contributed by atoms with Crippen molar-refractivity contribution >= 4 is 17.5 Å². The normalized spacial score (nSPS) is 13.8. The predicted octanol–water partition coefficient (Wildman–Crippen LogP) is 2.14. The summed E-state index contributed by atoms with van der Waals surface area (Å²) >= 11 is 0. The monoisotopic (exact) mass is 272 g/mol. The van der Waals surface area contributed by atoms with Gasteiger partial charge in [-0.15, -0.1) is 0 Å². The Morgan fingerprint density at radius 2 is 2.20 bits per heavy atom. The van der Waals surface area contributed by atoms with Gasteiger partial charge in [0.25, 0.3) is 0 Å². The molecule has 6 heteroatoms. The number of carbonyl (C=O) groups is 1. The van der Waals surface area contributed by atoms with E-state index in [-0.39, 0.29) is 5.56 Å². The van der Waals surface area contributed by atoms with Crippen molar-refractivity contribution in [1.29, 1.82) is 0 Å². The summed E-state index contributed by atoms with van der Waals surface area (Å²) in [6.45, 7) is 0. The van der Waals surface area contributed by atoms with Gasteiger partial charge in [-0.25, -0.2) is 4.79 Å². The number of pyridine rings is 1. The first kappa shape index (κ1) is 12.7. The molecule has 104 valence electrons. The fourth-order valence-corrected chi connectivity index (χ4v) is 2.68. The lowest BCUT2D eigenvalue weighted by molar-refractivity contribution is 0.0698. The molecule has 0 spiro atoms. The van der Waals surface area contributed by atoms with E-state index in [1.807, 2.05) is 11.7 Å². The van der Waals surface area contributed by atoms with Crippen LogP contribution in [0.4, 0.5) is 11.5 Å². The average Bonchev–Trinajstić information content (AvgIpc) is 2.76. The predicted molar refractivity (Wildman–Crippen MR) is 74.3 cm³/mol. The summed E-state index contributed by atoms with van der Waals surface area (Å²) in [5.74, 6) is -0.225. The van der Waals surface area contributed by atoms with Crippen molar-refractivity contribution in [2.24, 2.45) is 7.05 Å². The Hall–Kier alpha value is -2.37. The first-order valence-electron chi connectivity index (χ1n) is 6.66. The van der Waals surface area contributed by atoms with Gasteiger partial charge in [-0.3, -0.25) is 9.67 Å². The summed E-state index contributed by atoms with van der Waals surface area (Å²) in [5.41, 5.74) is 3.11. The Kier molecular flexibility index (Phi) is 3.14. The Morgan fingerprint density at radius 1 is 1.40 bits per heavy atom. The first-order valence-corrected chi connectivity index (χ1v) is 6.66. The Bertz CT molecular complexity index is 663.